The topological polar surface area (TPSA) is 21.3 Å². The number of methoxy groups -OCH3 is 1. The van der Waals surface area contributed by atoms with Crippen LogP contribution in [0.25, 0.3) is 0 Å². The second kappa shape index (κ2) is 8.92. The second-order valence-corrected chi connectivity index (χ2v) is 5.78. The highest BCUT2D eigenvalue weighted by atomic mass is 16.5. The SMILES string of the molecule is CCCNC(C(CC)OC)C1CCCCC1CC. The summed E-state index contributed by atoms with van der Waals surface area (Å²) in [7, 11) is 1.87. The van der Waals surface area contributed by atoms with Gasteiger partial charge in [0, 0.05) is 13.2 Å². The van der Waals surface area contributed by atoms with Crippen LogP contribution in [0.15, 0.2) is 0 Å². The molecule has 0 aliphatic heterocycles. The van der Waals surface area contributed by atoms with Crippen molar-refractivity contribution in [3.8, 4) is 0 Å². The lowest BCUT2D eigenvalue weighted by molar-refractivity contribution is 0.0208. The van der Waals surface area contributed by atoms with Gasteiger partial charge in [-0.3, -0.25) is 0 Å². The molecule has 0 aromatic carbocycles. The van der Waals surface area contributed by atoms with Gasteiger partial charge in [0.15, 0.2) is 0 Å². The van der Waals surface area contributed by atoms with E-state index < -0.39 is 0 Å². The minimum atomic E-state index is 0.383. The fourth-order valence-electron chi connectivity index (χ4n) is 3.65. The molecule has 0 aromatic rings. The third-order valence-electron chi connectivity index (χ3n) is 4.69. The molecule has 1 rings (SSSR count). The zero-order valence-corrected chi connectivity index (χ0v) is 12.9. The molecule has 0 saturated heterocycles. The molecule has 0 bridgehead atoms. The van der Waals surface area contributed by atoms with Crippen molar-refractivity contribution < 1.29 is 4.74 Å². The molecule has 1 aliphatic carbocycles. The van der Waals surface area contributed by atoms with Gasteiger partial charge in [0.1, 0.15) is 0 Å². The minimum absolute atomic E-state index is 0.383. The van der Waals surface area contributed by atoms with Crippen LogP contribution < -0.4 is 5.32 Å². The van der Waals surface area contributed by atoms with Crippen molar-refractivity contribution in [1.82, 2.24) is 5.32 Å². The van der Waals surface area contributed by atoms with E-state index >= 15 is 0 Å². The Labute approximate surface area is 114 Å². The Kier molecular flexibility index (Phi) is 7.92. The van der Waals surface area contributed by atoms with Gasteiger partial charge >= 0.3 is 0 Å². The van der Waals surface area contributed by atoms with E-state index in [2.05, 4.69) is 26.1 Å². The van der Waals surface area contributed by atoms with Crippen LogP contribution in [0.1, 0.15) is 65.7 Å². The van der Waals surface area contributed by atoms with Crippen molar-refractivity contribution in [1.29, 1.82) is 0 Å². The lowest BCUT2D eigenvalue weighted by Gasteiger charge is -2.40. The Hall–Kier alpha value is -0.0800. The zero-order valence-electron chi connectivity index (χ0n) is 12.9. The number of nitrogens with one attached hydrogen (secondary N) is 1. The first-order chi connectivity index (χ1) is 8.78. The van der Waals surface area contributed by atoms with Crippen molar-refractivity contribution in [3.63, 3.8) is 0 Å². The summed E-state index contributed by atoms with van der Waals surface area (Å²) >= 11 is 0. The maximum absolute atomic E-state index is 5.74. The molecule has 2 heteroatoms. The van der Waals surface area contributed by atoms with Gasteiger partial charge in [0.2, 0.25) is 0 Å². The van der Waals surface area contributed by atoms with Gasteiger partial charge in [0.25, 0.3) is 0 Å². The Bertz CT molecular complexity index is 203. The summed E-state index contributed by atoms with van der Waals surface area (Å²) in [5.74, 6) is 1.72. The highest BCUT2D eigenvalue weighted by Gasteiger charge is 2.34. The highest BCUT2D eigenvalue weighted by molar-refractivity contribution is 4.89. The average Bonchev–Trinajstić information content (AvgIpc) is 2.43. The lowest BCUT2D eigenvalue weighted by Crippen LogP contribution is -2.49. The van der Waals surface area contributed by atoms with Gasteiger partial charge in [-0.2, -0.15) is 0 Å². The van der Waals surface area contributed by atoms with E-state index in [1.165, 1.54) is 38.5 Å². The summed E-state index contributed by atoms with van der Waals surface area (Å²) in [6, 6.07) is 0.560. The maximum atomic E-state index is 5.74. The fourth-order valence-corrected chi connectivity index (χ4v) is 3.65. The molecule has 4 unspecified atom stereocenters. The van der Waals surface area contributed by atoms with Gasteiger partial charge in [-0.15, -0.1) is 0 Å². The Morgan fingerprint density at radius 3 is 2.44 bits per heavy atom. The van der Waals surface area contributed by atoms with Crippen LogP contribution in [0, 0.1) is 11.8 Å². The van der Waals surface area contributed by atoms with Crippen LogP contribution >= 0.6 is 0 Å². The highest BCUT2D eigenvalue weighted by Crippen LogP contribution is 2.36. The molecule has 18 heavy (non-hydrogen) atoms. The van der Waals surface area contributed by atoms with Crippen LogP contribution in [0.2, 0.25) is 0 Å². The van der Waals surface area contributed by atoms with Crippen molar-refractivity contribution >= 4 is 0 Å². The molecule has 1 saturated carbocycles. The quantitative estimate of drug-likeness (QED) is 0.708. The van der Waals surface area contributed by atoms with Crippen molar-refractivity contribution in [2.24, 2.45) is 11.8 Å². The number of rotatable bonds is 8. The largest absolute Gasteiger partial charge is 0.380 e. The van der Waals surface area contributed by atoms with Gasteiger partial charge in [-0.25, -0.2) is 0 Å². The first-order valence-corrected chi connectivity index (χ1v) is 8.04. The van der Waals surface area contributed by atoms with E-state index in [1.807, 2.05) is 7.11 Å². The summed E-state index contributed by atoms with van der Waals surface area (Å²) < 4.78 is 5.74. The van der Waals surface area contributed by atoms with Crippen LogP contribution in [0.5, 0.6) is 0 Å². The van der Waals surface area contributed by atoms with Gasteiger partial charge < -0.3 is 10.1 Å². The molecule has 0 aromatic heterocycles. The number of hydrogen-bond acceptors (Lipinski definition) is 2. The van der Waals surface area contributed by atoms with Crippen LogP contribution in [-0.2, 0) is 4.74 Å². The standard InChI is InChI=1S/C16H33NO/c1-5-12-17-16(15(7-3)18-4)14-11-9-8-10-13(14)6-2/h13-17H,5-12H2,1-4H3. The predicted octanol–water partition coefficient (Wildman–Crippen LogP) is 4.00. The molecule has 4 atom stereocenters. The molecule has 2 nitrogen and oxygen atoms in total. The Morgan fingerprint density at radius 1 is 1.17 bits per heavy atom. The average molecular weight is 255 g/mol. The third kappa shape index (κ3) is 4.24. The zero-order chi connectivity index (χ0) is 13.4. The molecule has 1 N–H and O–H groups in total. The molecular formula is C16H33NO. The van der Waals surface area contributed by atoms with E-state index in [-0.39, 0.29) is 0 Å². The fraction of sp³-hybridized carbons (Fsp3) is 1.00. The van der Waals surface area contributed by atoms with E-state index in [9.17, 15) is 0 Å². The van der Waals surface area contributed by atoms with Crippen LogP contribution in [-0.4, -0.2) is 25.8 Å². The van der Waals surface area contributed by atoms with Gasteiger partial charge in [0.05, 0.1) is 6.10 Å². The molecule has 0 radical (unpaired) electrons. The van der Waals surface area contributed by atoms with Gasteiger partial charge in [-0.05, 0) is 37.6 Å². The molecule has 1 fully saturated rings. The normalized spacial score (nSPS) is 28.0. The van der Waals surface area contributed by atoms with Crippen LogP contribution in [0.4, 0.5) is 0 Å². The van der Waals surface area contributed by atoms with E-state index in [0.717, 1.165) is 24.8 Å². The monoisotopic (exact) mass is 255 g/mol. The predicted molar refractivity (Wildman–Crippen MR) is 78.9 cm³/mol. The molecule has 0 spiro atoms. The molecule has 0 heterocycles. The molecule has 1 aliphatic rings. The van der Waals surface area contributed by atoms with Gasteiger partial charge in [-0.1, -0.05) is 46.5 Å². The summed E-state index contributed by atoms with van der Waals surface area (Å²) in [4.78, 5) is 0. The summed E-state index contributed by atoms with van der Waals surface area (Å²) in [6.07, 6.45) is 9.69. The first kappa shape index (κ1) is 16.0. The summed E-state index contributed by atoms with van der Waals surface area (Å²) in [5.41, 5.74) is 0. The Balaban J connectivity index is 2.71. The minimum Gasteiger partial charge on any atom is -0.380 e. The van der Waals surface area contributed by atoms with Crippen molar-refractivity contribution in [2.75, 3.05) is 13.7 Å². The lowest BCUT2D eigenvalue weighted by atomic mass is 9.72. The Morgan fingerprint density at radius 2 is 1.89 bits per heavy atom. The van der Waals surface area contributed by atoms with Crippen LogP contribution in [0.3, 0.4) is 0 Å². The van der Waals surface area contributed by atoms with E-state index in [4.69, 9.17) is 4.74 Å². The first-order valence-electron chi connectivity index (χ1n) is 8.04. The third-order valence-corrected chi connectivity index (χ3v) is 4.69. The van der Waals surface area contributed by atoms with E-state index in [0.29, 0.717) is 12.1 Å². The molecule has 0 amide bonds. The number of ether oxygens (including phenoxy) is 1. The molecular weight excluding hydrogens is 222 g/mol. The summed E-state index contributed by atoms with van der Waals surface area (Å²) in [6.45, 7) is 7.97. The van der Waals surface area contributed by atoms with Crippen molar-refractivity contribution in [2.45, 2.75) is 77.9 Å². The second-order valence-electron chi connectivity index (χ2n) is 5.78. The number of hydrogen-bond donors (Lipinski definition) is 1. The summed E-state index contributed by atoms with van der Waals surface area (Å²) in [5, 5.41) is 3.78. The molecule has 108 valence electrons. The maximum Gasteiger partial charge on any atom is 0.0724 e. The van der Waals surface area contributed by atoms with Crippen molar-refractivity contribution in [3.05, 3.63) is 0 Å². The smallest absolute Gasteiger partial charge is 0.0724 e. The van der Waals surface area contributed by atoms with E-state index in [1.54, 1.807) is 0 Å².